The maximum Gasteiger partial charge on any atom is 0.417 e. The molecule has 2 rings (SSSR count). The van der Waals surface area contributed by atoms with Gasteiger partial charge in [-0.15, -0.1) is 0 Å². The molecule has 2 aromatic rings. The van der Waals surface area contributed by atoms with Gasteiger partial charge in [0.2, 0.25) is 0 Å². The number of hydrogen-bond donors (Lipinski definition) is 1. The van der Waals surface area contributed by atoms with E-state index in [4.69, 9.17) is 15.2 Å². The van der Waals surface area contributed by atoms with Crippen molar-refractivity contribution in [1.82, 2.24) is 4.90 Å². The summed E-state index contributed by atoms with van der Waals surface area (Å²) in [5.41, 5.74) is 5.52. The Balaban J connectivity index is 2.39. The molecule has 0 aliphatic rings. The fourth-order valence-electron chi connectivity index (χ4n) is 2.81. The highest BCUT2D eigenvalue weighted by molar-refractivity contribution is 6.03. The minimum atomic E-state index is -0.853. The highest BCUT2D eigenvalue weighted by atomic mass is 19.1. The van der Waals surface area contributed by atoms with E-state index in [9.17, 15) is 18.8 Å². The number of imide groups is 1. The first-order chi connectivity index (χ1) is 15.4. The van der Waals surface area contributed by atoms with Crippen LogP contribution in [0.15, 0.2) is 42.5 Å². The third-order valence-corrected chi connectivity index (χ3v) is 4.35. The molecule has 0 aromatic heterocycles. The van der Waals surface area contributed by atoms with E-state index >= 15 is 0 Å². The van der Waals surface area contributed by atoms with Gasteiger partial charge in [-0.25, -0.2) is 18.9 Å². The number of nitrogen functional groups attached to an aromatic ring is 1. The fraction of sp³-hybridized carbons (Fsp3) is 0.292. The molecule has 2 aromatic carbocycles. The van der Waals surface area contributed by atoms with Gasteiger partial charge in [0, 0.05) is 17.3 Å². The molecule has 8 nitrogen and oxygen atoms in total. The van der Waals surface area contributed by atoms with Gasteiger partial charge in [-0.3, -0.25) is 4.79 Å². The second-order valence-electron chi connectivity index (χ2n) is 8.03. The predicted octanol–water partition coefficient (Wildman–Crippen LogP) is 4.18. The molecule has 9 heteroatoms. The van der Waals surface area contributed by atoms with Crippen molar-refractivity contribution >= 4 is 29.7 Å². The number of nitrogens with two attached hydrogens (primary N) is 1. The lowest BCUT2D eigenvalue weighted by Gasteiger charge is -2.25. The second kappa shape index (κ2) is 10.6. The smallest absolute Gasteiger partial charge is 0.417 e. The zero-order chi connectivity index (χ0) is 24.8. The van der Waals surface area contributed by atoms with E-state index in [0.717, 1.165) is 30.2 Å². The van der Waals surface area contributed by atoms with E-state index in [1.807, 2.05) is 0 Å². The largest absolute Gasteiger partial charge is 0.497 e. The van der Waals surface area contributed by atoms with Gasteiger partial charge in [0.15, 0.2) is 0 Å². The Kier molecular flexibility index (Phi) is 8.17. The van der Waals surface area contributed by atoms with Gasteiger partial charge in [-0.2, -0.15) is 0 Å². The number of benzene rings is 2. The number of ether oxygens (including phenoxy) is 3. The van der Waals surface area contributed by atoms with Gasteiger partial charge < -0.3 is 19.9 Å². The Hall–Kier alpha value is -3.88. The summed E-state index contributed by atoms with van der Waals surface area (Å²) < 4.78 is 28.9. The molecule has 0 aliphatic carbocycles. The summed E-state index contributed by atoms with van der Waals surface area (Å²) in [5, 5.41) is 0. The van der Waals surface area contributed by atoms with Gasteiger partial charge >= 0.3 is 12.1 Å². The summed E-state index contributed by atoms with van der Waals surface area (Å²) in [6.07, 6.45) is 1.44. The number of carbonyl (C=O) groups excluding carboxylic acids is 3. The standard InChI is InChI=1S/C24H27FN2O6/c1-24(2,3)33-23(30)27(14-15-6-8-17(31-4)9-7-15)21(28)11-10-18-19(22(29)32-5)12-16(25)13-20(18)26/h6-13H,14,26H2,1-5H3/b11-10+. The molecule has 0 heterocycles. The molecule has 2 N–H and O–H groups in total. The molecule has 0 aliphatic heterocycles. The molecular formula is C24H27FN2O6. The van der Waals surface area contributed by atoms with Crippen LogP contribution in [0.1, 0.15) is 42.3 Å². The molecule has 0 bridgehead atoms. The normalized spacial score (nSPS) is 11.2. The second-order valence-corrected chi connectivity index (χ2v) is 8.03. The number of rotatable bonds is 6. The first kappa shape index (κ1) is 25.4. The number of carbonyl (C=O) groups is 3. The van der Waals surface area contributed by atoms with Crippen LogP contribution in [0.3, 0.4) is 0 Å². The molecule has 0 saturated carbocycles. The minimum absolute atomic E-state index is 0.0709. The van der Waals surface area contributed by atoms with Crippen LogP contribution < -0.4 is 10.5 Å². The number of halogens is 1. The van der Waals surface area contributed by atoms with Crippen molar-refractivity contribution in [3.8, 4) is 5.75 Å². The Morgan fingerprint density at radius 3 is 2.27 bits per heavy atom. The maximum atomic E-state index is 13.7. The van der Waals surface area contributed by atoms with E-state index in [2.05, 4.69) is 4.74 Å². The number of anilines is 1. The van der Waals surface area contributed by atoms with E-state index in [1.165, 1.54) is 13.2 Å². The third kappa shape index (κ3) is 7.06. The number of methoxy groups -OCH3 is 2. The summed E-state index contributed by atoms with van der Waals surface area (Å²) in [4.78, 5) is 38.7. The van der Waals surface area contributed by atoms with E-state index < -0.39 is 29.4 Å². The topological polar surface area (TPSA) is 108 Å². The van der Waals surface area contributed by atoms with Crippen molar-refractivity contribution in [2.75, 3.05) is 20.0 Å². The summed E-state index contributed by atoms with van der Waals surface area (Å²) in [5.74, 6) is -1.66. The zero-order valence-electron chi connectivity index (χ0n) is 19.2. The van der Waals surface area contributed by atoms with Crippen molar-refractivity contribution in [3.63, 3.8) is 0 Å². The first-order valence-electron chi connectivity index (χ1n) is 9.98. The molecule has 0 unspecified atom stereocenters. The van der Waals surface area contributed by atoms with Crippen molar-refractivity contribution < 1.29 is 33.0 Å². The lowest BCUT2D eigenvalue weighted by Crippen LogP contribution is -2.39. The first-order valence-corrected chi connectivity index (χ1v) is 9.98. The van der Waals surface area contributed by atoms with Gasteiger partial charge in [0.05, 0.1) is 26.3 Å². The lowest BCUT2D eigenvalue weighted by molar-refractivity contribution is -0.125. The van der Waals surface area contributed by atoms with Crippen molar-refractivity contribution in [3.05, 3.63) is 65.0 Å². The van der Waals surface area contributed by atoms with Crippen LogP contribution in [0.2, 0.25) is 0 Å². The van der Waals surface area contributed by atoms with E-state index in [1.54, 1.807) is 45.0 Å². The van der Waals surface area contributed by atoms with Crippen LogP contribution in [0, 0.1) is 5.82 Å². The molecule has 33 heavy (non-hydrogen) atoms. The highest BCUT2D eigenvalue weighted by Crippen LogP contribution is 2.23. The Morgan fingerprint density at radius 2 is 1.73 bits per heavy atom. The summed E-state index contributed by atoms with van der Waals surface area (Å²) in [6, 6.07) is 8.78. The highest BCUT2D eigenvalue weighted by Gasteiger charge is 2.26. The average Bonchev–Trinajstić information content (AvgIpc) is 2.74. The fourth-order valence-corrected chi connectivity index (χ4v) is 2.81. The van der Waals surface area contributed by atoms with Crippen LogP contribution in [0.25, 0.3) is 6.08 Å². The van der Waals surface area contributed by atoms with Crippen LogP contribution >= 0.6 is 0 Å². The average molecular weight is 458 g/mol. The van der Waals surface area contributed by atoms with Crippen LogP contribution in [0.5, 0.6) is 5.75 Å². The molecule has 176 valence electrons. The van der Waals surface area contributed by atoms with E-state index in [0.29, 0.717) is 11.3 Å². The summed E-state index contributed by atoms with van der Waals surface area (Å²) >= 11 is 0. The third-order valence-electron chi connectivity index (χ3n) is 4.35. The van der Waals surface area contributed by atoms with Gasteiger partial charge in [0.25, 0.3) is 5.91 Å². The van der Waals surface area contributed by atoms with Crippen LogP contribution in [-0.2, 0) is 20.8 Å². The number of hydrogen-bond acceptors (Lipinski definition) is 7. The Labute approximate surface area is 191 Å². The SMILES string of the molecule is COC(=O)c1cc(F)cc(N)c1/C=C/C(=O)N(Cc1ccc(OC)cc1)C(=O)OC(C)(C)C. The van der Waals surface area contributed by atoms with Gasteiger partial charge in [0.1, 0.15) is 17.2 Å². The van der Waals surface area contributed by atoms with E-state index in [-0.39, 0.29) is 23.4 Å². The summed E-state index contributed by atoms with van der Waals surface area (Å²) in [7, 11) is 2.67. The van der Waals surface area contributed by atoms with Gasteiger partial charge in [-0.05, 0) is 56.7 Å². The number of nitrogens with zero attached hydrogens (tertiary/aromatic N) is 1. The van der Waals surface area contributed by atoms with Gasteiger partial charge in [-0.1, -0.05) is 12.1 Å². The predicted molar refractivity (Wildman–Crippen MR) is 121 cm³/mol. The van der Waals surface area contributed by atoms with Crippen molar-refractivity contribution in [1.29, 1.82) is 0 Å². The monoisotopic (exact) mass is 458 g/mol. The van der Waals surface area contributed by atoms with Crippen molar-refractivity contribution in [2.45, 2.75) is 32.9 Å². The Bertz CT molecular complexity index is 1060. The molecule has 0 fully saturated rings. The molecular weight excluding hydrogens is 431 g/mol. The molecule has 0 radical (unpaired) electrons. The number of esters is 1. The quantitative estimate of drug-likeness (QED) is 0.393. The Morgan fingerprint density at radius 1 is 1.09 bits per heavy atom. The summed E-state index contributed by atoms with van der Waals surface area (Å²) in [6.45, 7) is 4.96. The minimum Gasteiger partial charge on any atom is -0.497 e. The molecule has 0 atom stereocenters. The number of amides is 2. The molecule has 0 saturated heterocycles. The maximum absolute atomic E-state index is 13.7. The molecule has 0 spiro atoms. The lowest BCUT2D eigenvalue weighted by atomic mass is 10.0. The van der Waals surface area contributed by atoms with Crippen LogP contribution in [0.4, 0.5) is 14.9 Å². The molecule has 2 amide bonds. The van der Waals surface area contributed by atoms with Crippen LogP contribution in [-0.4, -0.2) is 42.7 Å². The zero-order valence-corrected chi connectivity index (χ0v) is 19.2. The van der Waals surface area contributed by atoms with Crippen molar-refractivity contribution in [2.24, 2.45) is 0 Å².